The zero-order chi connectivity index (χ0) is 13.3. The number of nitrogens with one attached hydrogen (secondary N) is 1. The van der Waals surface area contributed by atoms with Crippen molar-refractivity contribution >= 4 is 11.9 Å². The molecule has 0 saturated carbocycles. The van der Waals surface area contributed by atoms with Crippen molar-refractivity contribution in [1.82, 2.24) is 10.2 Å². The lowest BCUT2D eigenvalue weighted by Gasteiger charge is -2.43. The Morgan fingerprint density at radius 3 is 2.61 bits per heavy atom. The van der Waals surface area contributed by atoms with Gasteiger partial charge in [-0.25, -0.2) is 0 Å². The number of likely N-dealkylation sites (tertiary alicyclic amines) is 1. The van der Waals surface area contributed by atoms with Gasteiger partial charge in [0.25, 0.3) is 0 Å². The van der Waals surface area contributed by atoms with Gasteiger partial charge in [-0.15, -0.1) is 0 Å². The third-order valence-electron chi connectivity index (χ3n) is 4.28. The Balaban J connectivity index is 1.81. The fourth-order valence-electron chi connectivity index (χ4n) is 2.73. The molecule has 1 amide bonds. The van der Waals surface area contributed by atoms with Crippen molar-refractivity contribution < 1.29 is 14.7 Å². The zero-order valence-corrected chi connectivity index (χ0v) is 11.1. The van der Waals surface area contributed by atoms with Gasteiger partial charge in [-0.1, -0.05) is 13.8 Å². The first-order valence-electron chi connectivity index (χ1n) is 6.74. The molecule has 0 aliphatic carbocycles. The Hall–Kier alpha value is -1.10. The van der Waals surface area contributed by atoms with Crippen LogP contribution in [0, 0.1) is 17.8 Å². The van der Waals surface area contributed by atoms with Crippen LogP contribution < -0.4 is 5.32 Å². The lowest BCUT2D eigenvalue weighted by atomic mass is 9.85. The number of carboxylic acids is 1. The van der Waals surface area contributed by atoms with E-state index in [1.807, 2.05) is 0 Å². The van der Waals surface area contributed by atoms with Gasteiger partial charge in [-0.2, -0.15) is 0 Å². The Kier molecular flexibility index (Phi) is 3.90. The first-order chi connectivity index (χ1) is 8.49. The molecule has 2 N–H and O–H groups in total. The molecule has 102 valence electrons. The molecule has 2 heterocycles. The molecule has 0 radical (unpaired) electrons. The van der Waals surface area contributed by atoms with Gasteiger partial charge >= 0.3 is 5.97 Å². The first-order valence-corrected chi connectivity index (χ1v) is 6.74. The predicted octanol–water partition coefficient (Wildman–Crippen LogP) is 0.554. The van der Waals surface area contributed by atoms with Gasteiger partial charge in [-0.05, 0) is 25.3 Å². The Morgan fingerprint density at radius 1 is 1.39 bits per heavy atom. The summed E-state index contributed by atoms with van der Waals surface area (Å²) in [4.78, 5) is 24.8. The second-order valence-corrected chi connectivity index (χ2v) is 5.77. The normalized spacial score (nSPS) is 30.7. The van der Waals surface area contributed by atoms with Gasteiger partial charge < -0.3 is 15.3 Å². The van der Waals surface area contributed by atoms with Crippen LogP contribution in [-0.4, -0.2) is 47.6 Å². The third-order valence-corrected chi connectivity index (χ3v) is 4.28. The highest BCUT2D eigenvalue weighted by Gasteiger charge is 2.39. The van der Waals surface area contributed by atoms with Gasteiger partial charge in [-0.3, -0.25) is 9.59 Å². The van der Waals surface area contributed by atoms with E-state index in [2.05, 4.69) is 12.2 Å². The number of nitrogens with zero attached hydrogens (tertiary/aromatic N) is 1. The van der Waals surface area contributed by atoms with E-state index in [-0.39, 0.29) is 23.8 Å². The van der Waals surface area contributed by atoms with Crippen molar-refractivity contribution in [2.45, 2.75) is 32.7 Å². The fourth-order valence-corrected chi connectivity index (χ4v) is 2.73. The average molecular weight is 254 g/mol. The molecule has 0 spiro atoms. The molecule has 2 fully saturated rings. The van der Waals surface area contributed by atoms with Crippen LogP contribution in [0.15, 0.2) is 0 Å². The van der Waals surface area contributed by atoms with Crippen LogP contribution in [0.25, 0.3) is 0 Å². The van der Waals surface area contributed by atoms with Crippen LogP contribution in [-0.2, 0) is 9.59 Å². The molecule has 0 aromatic rings. The maximum Gasteiger partial charge on any atom is 0.306 e. The molecular formula is C13H22N2O3. The van der Waals surface area contributed by atoms with Crippen molar-refractivity contribution in [1.29, 1.82) is 0 Å². The topological polar surface area (TPSA) is 69.6 Å². The van der Waals surface area contributed by atoms with Crippen molar-refractivity contribution in [3.05, 3.63) is 0 Å². The Bertz CT molecular complexity index is 339. The van der Waals surface area contributed by atoms with Crippen molar-refractivity contribution in [3.63, 3.8) is 0 Å². The van der Waals surface area contributed by atoms with Crippen molar-refractivity contribution in [3.8, 4) is 0 Å². The van der Waals surface area contributed by atoms with Crippen LogP contribution in [0.3, 0.4) is 0 Å². The summed E-state index contributed by atoms with van der Waals surface area (Å²) in [5, 5.41) is 12.2. The van der Waals surface area contributed by atoms with Crippen molar-refractivity contribution in [2.75, 3.05) is 19.6 Å². The molecule has 2 aliphatic heterocycles. The summed E-state index contributed by atoms with van der Waals surface area (Å²) in [6.45, 7) is 5.99. The quantitative estimate of drug-likeness (QED) is 0.772. The minimum absolute atomic E-state index is 0.0603. The summed E-state index contributed by atoms with van der Waals surface area (Å²) < 4.78 is 0. The number of hydrogen-bond acceptors (Lipinski definition) is 3. The van der Waals surface area contributed by atoms with E-state index < -0.39 is 5.97 Å². The molecule has 5 nitrogen and oxygen atoms in total. The molecule has 5 heteroatoms. The summed E-state index contributed by atoms with van der Waals surface area (Å²) in [7, 11) is 0. The van der Waals surface area contributed by atoms with E-state index in [4.69, 9.17) is 5.11 Å². The summed E-state index contributed by atoms with van der Waals surface area (Å²) in [5.41, 5.74) is 0. The molecule has 0 bridgehead atoms. The molecule has 0 aromatic heterocycles. The standard InChI is InChI=1S/C13H22N2O3/c1-8-3-4-14-11(5-8)12(16)15-6-10(7-15)9(2)13(17)18/h8-11,14H,3-7H2,1-2H3,(H,17,18). The summed E-state index contributed by atoms with van der Waals surface area (Å²) in [6.07, 6.45) is 2.02. The minimum atomic E-state index is -0.767. The van der Waals surface area contributed by atoms with E-state index in [0.717, 1.165) is 19.4 Å². The molecule has 18 heavy (non-hydrogen) atoms. The van der Waals surface area contributed by atoms with Gasteiger partial charge in [0.1, 0.15) is 0 Å². The predicted molar refractivity (Wildman–Crippen MR) is 67.1 cm³/mol. The molecule has 2 rings (SSSR count). The monoisotopic (exact) mass is 254 g/mol. The van der Waals surface area contributed by atoms with Gasteiger partial charge in [0, 0.05) is 19.0 Å². The third kappa shape index (κ3) is 2.66. The maximum absolute atomic E-state index is 12.2. The van der Waals surface area contributed by atoms with Crippen LogP contribution in [0.2, 0.25) is 0 Å². The van der Waals surface area contributed by atoms with Crippen molar-refractivity contribution in [2.24, 2.45) is 17.8 Å². The summed E-state index contributed by atoms with van der Waals surface area (Å²) in [6, 6.07) is -0.0603. The van der Waals surface area contributed by atoms with E-state index in [1.165, 1.54) is 0 Å². The number of carbonyl (C=O) groups excluding carboxylic acids is 1. The van der Waals surface area contributed by atoms with Crippen LogP contribution >= 0.6 is 0 Å². The second-order valence-electron chi connectivity index (χ2n) is 5.77. The average Bonchev–Trinajstić information content (AvgIpc) is 2.26. The number of rotatable bonds is 3. The van der Waals surface area contributed by atoms with Crippen LogP contribution in [0.1, 0.15) is 26.7 Å². The molecular weight excluding hydrogens is 232 g/mol. The molecule has 3 unspecified atom stereocenters. The number of hydrogen-bond donors (Lipinski definition) is 2. The molecule has 3 atom stereocenters. The first kappa shape index (κ1) is 13.3. The minimum Gasteiger partial charge on any atom is -0.481 e. The largest absolute Gasteiger partial charge is 0.481 e. The smallest absolute Gasteiger partial charge is 0.306 e. The maximum atomic E-state index is 12.2. The highest BCUT2D eigenvalue weighted by molar-refractivity contribution is 5.83. The fraction of sp³-hybridized carbons (Fsp3) is 0.846. The second kappa shape index (κ2) is 5.26. The van der Waals surface area contributed by atoms with E-state index in [1.54, 1.807) is 11.8 Å². The zero-order valence-electron chi connectivity index (χ0n) is 11.1. The van der Waals surface area contributed by atoms with Crippen LogP contribution in [0.4, 0.5) is 0 Å². The van der Waals surface area contributed by atoms with E-state index >= 15 is 0 Å². The Labute approximate surface area is 108 Å². The number of carbonyl (C=O) groups is 2. The van der Waals surface area contributed by atoms with Gasteiger partial charge in [0.2, 0.25) is 5.91 Å². The highest BCUT2D eigenvalue weighted by atomic mass is 16.4. The number of piperidine rings is 1. The number of carboxylic acid groups (broad SMARTS) is 1. The molecule has 2 saturated heterocycles. The van der Waals surface area contributed by atoms with Gasteiger partial charge in [0.15, 0.2) is 0 Å². The van der Waals surface area contributed by atoms with E-state index in [0.29, 0.717) is 19.0 Å². The molecule has 0 aromatic carbocycles. The SMILES string of the molecule is CC1CCNC(C(=O)N2CC(C(C)C(=O)O)C2)C1. The highest BCUT2D eigenvalue weighted by Crippen LogP contribution is 2.26. The van der Waals surface area contributed by atoms with Gasteiger partial charge in [0.05, 0.1) is 12.0 Å². The summed E-state index contributed by atoms with van der Waals surface area (Å²) in [5.74, 6) is -0.262. The lowest BCUT2D eigenvalue weighted by Crippen LogP contribution is -2.59. The number of amides is 1. The molecule has 2 aliphatic rings. The van der Waals surface area contributed by atoms with Crippen LogP contribution in [0.5, 0.6) is 0 Å². The van der Waals surface area contributed by atoms with E-state index in [9.17, 15) is 9.59 Å². The number of aliphatic carboxylic acids is 1. The summed E-state index contributed by atoms with van der Waals surface area (Å²) >= 11 is 0. The Morgan fingerprint density at radius 2 is 2.06 bits per heavy atom. The lowest BCUT2D eigenvalue weighted by molar-refractivity contribution is -0.151.